The van der Waals surface area contributed by atoms with Gasteiger partial charge < -0.3 is 16.0 Å². The maximum atomic E-state index is 5.82. The molecule has 0 unspecified atom stereocenters. The Bertz CT molecular complexity index is 605. The van der Waals surface area contributed by atoms with Crippen LogP contribution in [0.1, 0.15) is 31.7 Å². The molecular formula is C13H19N7S. The molecule has 0 atom stereocenters. The summed E-state index contributed by atoms with van der Waals surface area (Å²) in [5, 5.41) is 6.24. The van der Waals surface area contributed by atoms with Crippen molar-refractivity contribution in [2.24, 2.45) is 0 Å². The second kappa shape index (κ2) is 5.44. The number of nitrogens with zero attached hydrogens (tertiary/aromatic N) is 5. The quantitative estimate of drug-likeness (QED) is 0.890. The van der Waals surface area contributed by atoms with Gasteiger partial charge >= 0.3 is 0 Å². The lowest BCUT2D eigenvalue weighted by Gasteiger charge is -2.24. The molecule has 21 heavy (non-hydrogen) atoms. The Kier molecular flexibility index (Phi) is 3.62. The lowest BCUT2D eigenvalue weighted by molar-refractivity contribution is 0.596. The van der Waals surface area contributed by atoms with Crippen molar-refractivity contribution in [2.75, 3.05) is 29.0 Å². The van der Waals surface area contributed by atoms with E-state index in [4.69, 9.17) is 5.73 Å². The van der Waals surface area contributed by atoms with Gasteiger partial charge in [0.15, 0.2) is 0 Å². The van der Waals surface area contributed by atoms with Crippen molar-refractivity contribution in [3.8, 4) is 0 Å². The van der Waals surface area contributed by atoms with Gasteiger partial charge in [-0.15, -0.1) is 11.3 Å². The summed E-state index contributed by atoms with van der Waals surface area (Å²) >= 11 is 1.60. The molecule has 3 N–H and O–H groups in total. The average molecular weight is 305 g/mol. The van der Waals surface area contributed by atoms with Crippen LogP contribution in [0, 0.1) is 0 Å². The first kappa shape index (κ1) is 14.0. The molecule has 1 saturated heterocycles. The van der Waals surface area contributed by atoms with Crippen LogP contribution in [-0.4, -0.2) is 33.0 Å². The standard InChI is InChI=1S/C13H19N7S/c1-13(2,9-15-5-8-21-9)19-11-16-10(14)17-12(18-11)20-6-3-4-7-20/h5,8H,3-4,6-7H2,1-2H3,(H3,14,16,17,18,19). The highest BCUT2D eigenvalue weighted by atomic mass is 32.1. The van der Waals surface area contributed by atoms with Gasteiger partial charge in [0.2, 0.25) is 17.8 Å². The first-order chi connectivity index (χ1) is 10.0. The van der Waals surface area contributed by atoms with Gasteiger partial charge in [-0.3, -0.25) is 0 Å². The van der Waals surface area contributed by atoms with Crippen molar-refractivity contribution in [3.05, 3.63) is 16.6 Å². The lowest BCUT2D eigenvalue weighted by atomic mass is 10.1. The zero-order valence-corrected chi connectivity index (χ0v) is 13.0. The van der Waals surface area contributed by atoms with Crippen molar-refractivity contribution < 1.29 is 0 Å². The minimum absolute atomic E-state index is 0.240. The summed E-state index contributed by atoms with van der Waals surface area (Å²) in [5.41, 5.74) is 5.47. The van der Waals surface area contributed by atoms with Gasteiger partial charge in [-0.05, 0) is 26.7 Å². The van der Waals surface area contributed by atoms with E-state index in [2.05, 4.69) is 30.2 Å². The monoisotopic (exact) mass is 305 g/mol. The van der Waals surface area contributed by atoms with Crippen LogP contribution in [0.15, 0.2) is 11.6 Å². The number of hydrogen-bond donors (Lipinski definition) is 2. The van der Waals surface area contributed by atoms with E-state index < -0.39 is 0 Å². The third-order valence-electron chi connectivity index (χ3n) is 3.42. The van der Waals surface area contributed by atoms with E-state index >= 15 is 0 Å². The van der Waals surface area contributed by atoms with Gasteiger partial charge in [0.25, 0.3) is 0 Å². The number of nitrogens with two attached hydrogens (primary N) is 1. The highest BCUT2D eigenvalue weighted by Gasteiger charge is 2.25. The van der Waals surface area contributed by atoms with Gasteiger partial charge in [-0.1, -0.05) is 0 Å². The molecule has 7 nitrogen and oxygen atoms in total. The van der Waals surface area contributed by atoms with Crippen LogP contribution in [0.3, 0.4) is 0 Å². The molecule has 0 radical (unpaired) electrons. The molecule has 0 spiro atoms. The molecule has 112 valence electrons. The minimum Gasteiger partial charge on any atom is -0.368 e. The molecule has 0 aromatic carbocycles. The van der Waals surface area contributed by atoms with E-state index in [-0.39, 0.29) is 11.5 Å². The maximum Gasteiger partial charge on any atom is 0.231 e. The van der Waals surface area contributed by atoms with Crippen LogP contribution >= 0.6 is 11.3 Å². The first-order valence-electron chi connectivity index (χ1n) is 6.99. The lowest BCUT2D eigenvalue weighted by Crippen LogP contribution is -2.30. The molecule has 0 bridgehead atoms. The normalized spacial score (nSPS) is 15.4. The Morgan fingerprint density at radius 1 is 1.24 bits per heavy atom. The largest absolute Gasteiger partial charge is 0.368 e. The average Bonchev–Trinajstić information content (AvgIpc) is 3.12. The Labute approximate surface area is 127 Å². The third-order valence-corrected chi connectivity index (χ3v) is 4.52. The minimum atomic E-state index is -0.357. The Hall–Kier alpha value is -1.96. The molecule has 2 aromatic rings. The van der Waals surface area contributed by atoms with Crippen molar-refractivity contribution >= 4 is 29.2 Å². The molecule has 3 heterocycles. The molecule has 0 saturated carbocycles. The predicted octanol–water partition coefficient (Wildman–Crippen LogP) is 1.86. The second-order valence-electron chi connectivity index (χ2n) is 5.60. The smallest absolute Gasteiger partial charge is 0.231 e. The molecule has 1 aliphatic heterocycles. The van der Waals surface area contributed by atoms with Gasteiger partial charge in [0.05, 0.1) is 5.54 Å². The molecule has 3 rings (SSSR count). The van der Waals surface area contributed by atoms with E-state index in [0.29, 0.717) is 11.9 Å². The number of thiazole rings is 1. The second-order valence-corrected chi connectivity index (χ2v) is 6.49. The van der Waals surface area contributed by atoms with Crippen LogP contribution in [-0.2, 0) is 5.54 Å². The molecule has 0 aliphatic carbocycles. The van der Waals surface area contributed by atoms with E-state index in [1.807, 2.05) is 19.2 Å². The Morgan fingerprint density at radius 3 is 2.67 bits per heavy atom. The number of rotatable bonds is 4. The highest BCUT2D eigenvalue weighted by Crippen LogP contribution is 2.26. The number of anilines is 3. The highest BCUT2D eigenvalue weighted by molar-refractivity contribution is 7.09. The topological polar surface area (TPSA) is 92.8 Å². The molecule has 0 amide bonds. The van der Waals surface area contributed by atoms with Crippen LogP contribution in [0.5, 0.6) is 0 Å². The van der Waals surface area contributed by atoms with Crippen molar-refractivity contribution in [1.29, 1.82) is 0 Å². The summed E-state index contributed by atoms with van der Waals surface area (Å²) < 4.78 is 0. The van der Waals surface area contributed by atoms with Crippen molar-refractivity contribution in [2.45, 2.75) is 32.2 Å². The molecule has 2 aromatic heterocycles. The van der Waals surface area contributed by atoms with E-state index in [1.54, 1.807) is 17.5 Å². The summed E-state index contributed by atoms with van der Waals surface area (Å²) in [5.74, 6) is 1.38. The molecular weight excluding hydrogens is 286 g/mol. The first-order valence-corrected chi connectivity index (χ1v) is 7.87. The van der Waals surface area contributed by atoms with Gasteiger partial charge in [0.1, 0.15) is 5.01 Å². The van der Waals surface area contributed by atoms with Crippen LogP contribution < -0.4 is 16.0 Å². The summed E-state index contributed by atoms with van der Waals surface area (Å²) in [6, 6.07) is 0. The van der Waals surface area contributed by atoms with Gasteiger partial charge in [0, 0.05) is 24.7 Å². The zero-order chi connectivity index (χ0) is 14.9. The number of hydrogen-bond acceptors (Lipinski definition) is 8. The fourth-order valence-electron chi connectivity index (χ4n) is 2.36. The molecule has 1 fully saturated rings. The molecule has 8 heteroatoms. The fraction of sp³-hybridized carbons (Fsp3) is 0.538. The number of aromatic nitrogens is 4. The van der Waals surface area contributed by atoms with Gasteiger partial charge in [-0.2, -0.15) is 15.0 Å². The van der Waals surface area contributed by atoms with E-state index in [0.717, 1.165) is 18.1 Å². The summed E-state index contributed by atoms with van der Waals surface area (Å²) in [6.45, 7) is 6.03. The van der Waals surface area contributed by atoms with Crippen molar-refractivity contribution in [3.63, 3.8) is 0 Å². The maximum absolute atomic E-state index is 5.82. The number of nitrogen functional groups attached to an aromatic ring is 1. The summed E-state index contributed by atoms with van der Waals surface area (Å²) in [4.78, 5) is 19.4. The summed E-state index contributed by atoms with van der Waals surface area (Å²) in [6.07, 6.45) is 4.12. The third kappa shape index (κ3) is 3.05. The molecule has 1 aliphatic rings. The van der Waals surface area contributed by atoms with Crippen molar-refractivity contribution in [1.82, 2.24) is 19.9 Å². The van der Waals surface area contributed by atoms with E-state index in [1.165, 1.54) is 12.8 Å². The number of nitrogens with one attached hydrogen (secondary N) is 1. The van der Waals surface area contributed by atoms with Crippen LogP contribution in [0.4, 0.5) is 17.8 Å². The fourth-order valence-corrected chi connectivity index (χ4v) is 3.08. The predicted molar refractivity (Wildman–Crippen MR) is 84.4 cm³/mol. The SMILES string of the molecule is CC(C)(Nc1nc(N)nc(N2CCCC2)n1)c1nccs1. The zero-order valence-electron chi connectivity index (χ0n) is 12.2. The Morgan fingerprint density at radius 2 is 2.00 bits per heavy atom. The Balaban J connectivity index is 1.85. The van der Waals surface area contributed by atoms with Crippen LogP contribution in [0.25, 0.3) is 0 Å². The van der Waals surface area contributed by atoms with Crippen LogP contribution in [0.2, 0.25) is 0 Å². The van der Waals surface area contributed by atoms with E-state index in [9.17, 15) is 0 Å². The summed E-state index contributed by atoms with van der Waals surface area (Å²) in [7, 11) is 0. The van der Waals surface area contributed by atoms with Gasteiger partial charge in [-0.25, -0.2) is 4.98 Å².